The molecule has 1 N–H and O–H groups in total. The molecule has 0 amide bonds. The number of nitrogens with one attached hydrogen (secondary N) is 1. The third-order valence-corrected chi connectivity index (χ3v) is 4.12. The van der Waals surface area contributed by atoms with Gasteiger partial charge in [-0.15, -0.1) is 10.2 Å². The minimum Gasteiger partial charge on any atom is -0.320 e. The summed E-state index contributed by atoms with van der Waals surface area (Å²) in [5, 5.41) is 13.2. The minimum atomic E-state index is -0.260. The third-order valence-electron chi connectivity index (χ3n) is 2.45. The maximum atomic E-state index is 13.0. The van der Waals surface area contributed by atoms with Crippen LogP contribution in [-0.4, -0.2) is 23.8 Å². The number of benzene rings is 1. The van der Waals surface area contributed by atoms with Gasteiger partial charge >= 0.3 is 0 Å². The fourth-order valence-corrected chi connectivity index (χ4v) is 3.13. The maximum absolute atomic E-state index is 13.0. The summed E-state index contributed by atoms with van der Waals surface area (Å²) in [4.78, 5) is 0. The molecule has 0 saturated heterocycles. The van der Waals surface area contributed by atoms with Crippen LogP contribution >= 0.6 is 27.3 Å². The SMILES string of the molecule is CNCCCc1nnc(-c2ccc(F)cc2Br)s1. The molecule has 0 aliphatic carbocycles. The molecular formula is C12H13BrFN3S. The molecule has 0 aliphatic rings. The summed E-state index contributed by atoms with van der Waals surface area (Å²) in [7, 11) is 1.93. The van der Waals surface area contributed by atoms with Crippen LogP contribution in [0.5, 0.6) is 0 Å². The van der Waals surface area contributed by atoms with Gasteiger partial charge in [0.15, 0.2) is 0 Å². The van der Waals surface area contributed by atoms with E-state index in [4.69, 9.17) is 0 Å². The van der Waals surface area contributed by atoms with E-state index in [-0.39, 0.29) is 5.82 Å². The Balaban J connectivity index is 2.13. The van der Waals surface area contributed by atoms with E-state index in [0.717, 1.165) is 35.0 Å². The zero-order chi connectivity index (χ0) is 13.0. The van der Waals surface area contributed by atoms with E-state index in [1.165, 1.54) is 12.1 Å². The number of halogens is 2. The summed E-state index contributed by atoms with van der Waals surface area (Å²) >= 11 is 4.90. The van der Waals surface area contributed by atoms with Gasteiger partial charge in [-0.25, -0.2) is 4.39 Å². The Kier molecular flexibility index (Phi) is 4.79. The van der Waals surface area contributed by atoms with Crippen molar-refractivity contribution in [3.8, 4) is 10.6 Å². The molecule has 1 heterocycles. The van der Waals surface area contributed by atoms with Crippen molar-refractivity contribution in [3.05, 3.63) is 33.5 Å². The standard InChI is InChI=1S/C12H13BrFN3S/c1-15-6-2-3-11-16-17-12(18-11)9-5-4-8(14)7-10(9)13/h4-5,7,15H,2-3,6H2,1H3. The lowest BCUT2D eigenvalue weighted by atomic mass is 10.2. The second-order valence-electron chi connectivity index (χ2n) is 3.83. The van der Waals surface area contributed by atoms with Crippen LogP contribution in [0.1, 0.15) is 11.4 Å². The monoisotopic (exact) mass is 329 g/mol. The molecule has 0 spiro atoms. The quantitative estimate of drug-likeness (QED) is 0.855. The molecule has 6 heteroatoms. The predicted octanol–water partition coefficient (Wildman–Crippen LogP) is 3.26. The highest BCUT2D eigenvalue weighted by Crippen LogP contribution is 2.31. The molecule has 0 radical (unpaired) electrons. The lowest BCUT2D eigenvalue weighted by Crippen LogP contribution is -2.08. The number of hydrogen-bond acceptors (Lipinski definition) is 4. The number of nitrogens with zero attached hydrogens (tertiary/aromatic N) is 2. The van der Waals surface area contributed by atoms with Crippen molar-refractivity contribution < 1.29 is 4.39 Å². The second kappa shape index (κ2) is 6.36. The van der Waals surface area contributed by atoms with Crippen molar-refractivity contribution in [1.82, 2.24) is 15.5 Å². The first-order chi connectivity index (χ1) is 8.70. The van der Waals surface area contributed by atoms with Crippen LogP contribution in [-0.2, 0) is 6.42 Å². The van der Waals surface area contributed by atoms with Crippen LogP contribution in [0.25, 0.3) is 10.6 Å². The Hall–Kier alpha value is -0.850. The first kappa shape index (κ1) is 13.6. The Morgan fingerprint density at radius 1 is 1.39 bits per heavy atom. The van der Waals surface area contributed by atoms with Gasteiger partial charge in [0.2, 0.25) is 0 Å². The molecule has 3 nitrogen and oxygen atoms in total. The summed E-state index contributed by atoms with van der Waals surface area (Å²) in [6.45, 7) is 0.967. The van der Waals surface area contributed by atoms with Crippen molar-refractivity contribution in [2.45, 2.75) is 12.8 Å². The normalized spacial score (nSPS) is 10.8. The smallest absolute Gasteiger partial charge is 0.148 e. The minimum absolute atomic E-state index is 0.260. The Labute approximate surface area is 118 Å². The molecule has 1 aromatic carbocycles. The number of hydrogen-bond donors (Lipinski definition) is 1. The van der Waals surface area contributed by atoms with E-state index in [0.29, 0.717) is 4.47 Å². The average Bonchev–Trinajstić information content (AvgIpc) is 2.78. The Morgan fingerprint density at radius 2 is 2.22 bits per heavy atom. The van der Waals surface area contributed by atoms with Crippen LogP contribution < -0.4 is 5.32 Å². The van der Waals surface area contributed by atoms with Gasteiger partial charge in [-0.05, 0) is 54.1 Å². The van der Waals surface area contributed by atoms with Crippen LogP contribution in [0.3, 0.4) is 0 Å². The molecule has 0 bridgehead atoms. The zero-order valence-electron chi connectivity index (χ0n) is 9.91. The average molecular weight is 330 g/mol. The van der Waals surface area contributed by atoms with E-state index in [1.807, 2.05) is 7.05 Å². The summed E-state index contributed by atoms with van der Waals surface area (Å²) < 4.78 is 13.7. The van der Waals surface area contributed by atoms with E-state index in [1.54, 1.807) is 17.4 Å². The molecule has 2 rings (SSSR count). The van der Waals surface area contributed by atoms with Crippen LogP contribution in [0.4, 0.5) is 4.39 Å². The highest BCUT2D eigenvalue weighted by atomic mass is 79.9. The molecule has 1 aromatic heterocycles. The summed E-state index contributed by atoms with van der Waals surface area (Å²) in [5.41, 5.74) is 0.883. The highest BCUT2D eigenvalue weighted by Gasteiger charge is 2.10. The number of aromatic nitrogens is 2. The van der Waals surface area contributed by atoms with Crippen molar-refractivity contribution in [2.75, 3.05) is 13.6 Å². The second-order valence-corrected chi connectivity index (χ2v) is 5.75. The Bertz CT molecular complexity index is 530. The van der Waals surface area contributed by atoms with Crippen molar-refractivity contribution in [3.63, 3.8) is 0 Å². The van der Waals surface area contributed by atoms with Gasteiger partial charge in [0, 0.05) is 16.5 Å². The first-order valence-corrected chi connectivity index (χ1v) is 7.24. The molecule has 0 aliphatic heterocycles. The first-order valence-electron chi connectivity index (χ1n) is 5.63. The maximum Gasteiger partial charge on any atom is 0.148 e. The van der Waals surface area contributed by atoms with Crippen molar-refractivity contribution in [1.29, 1.82) is 0 Å². The van der Waals surface area contributed by atoms with Gasteiger partial charge < -0.3 is 5.32 Å². The lowest BCUT2D eigenvalue weighted by molar-refractivity contribution is 0.627. The van der Waals surface area contributed by atoms with Crippen LogP contribution in [0.2, 0.25) is 0 Å². The topological polar surface area (TPSA) is 37.8 Å². The highest BCUT2D eigenvalue weighted by molar-refractivity contribution is 9.10. The fourth-order valence-electron chi connectivity index (χ4n) is 1.54. The zero-order valence-corrected chi connectivity index (χ0v) is 12.3. The van der Waals surface area contributed by atoms with E-state index in [9.17, 15) is 4.39 Å². The van der Waals surface area contributed by atoms with Gasteiger partial charge in [0.25, 0.3) is 0 Å². The molecule has 2 aromatic rings. The van der Waals surface area contributed by atoms with Crippen LogP contribution in [0, 0.1) is 5.82 Å². The molecule has 0 atom stereocenters. The molecule has 0 unspecified atom stereocenters. The number of aryl methyl sites for hydroxylation is 1. The van der Waals surface area contributed by atoms with E-state index in [2.05, 4.69) is 31.4 Å². The number of rotatable bonds is 5. The molecule has 0 saturated carbocycles. The van der Waals surface area contributed by atoms with E-state index >= 15 is 0 Å². The van der Waals surface area contributed by atoms with Gasteiger partial charge in [-0.2, -0.15) is 0 Å². The Morgan fingerprint density at radius 3 is 2.94 bits per heavy atom. The summed E-state index contributed by atoms with van der Waals surface area (Å²) in [6, 6.07) is 4.59. The van der Waals surface area contributed by atoms with Crippen molar-refractivity contribution in [2.24, 2.45) is 0 Å². The third kappa shape index (κ3) is 3.34. The lowest BCUT2D eigenvalue weighted by Gasteiger charge is -1.99. The van der Waals surface area contributed by atoms with Crippen molar-refractivity contribution >= 4 is 27.3 Å². The molecule has 0 fully saturated rings. The molecular weight excluding hydrogens is 317 g/mol. The van der Waals surface area contributed by atoms with Gasteiger partial charge in [-0.1, -0.05) is 11.3 Å². The fraction of sp³-hybridized carbons (Fsp3) is 0.333. The van der Waals surface area contributed by atoms with Gasteiger partial charge in [0.1, 0.15) is 15.8 Å². The van der Waals surface area contributed by atoms with Gasteiger partial charge in [-0.3, -0.25) is 0 Å². The predicted molar refractivity (Wildman–Crippen MR) is 75.3 cm³/mol. The van der Waals surface area contributed by atoms with Gasteiger partial charge in [0.05, 0.1) is 0 Å². The molecule has 18 heavy (non-hydrogen) atoms. The van der Waals surface area contributed by atoms with E-state index < -0.39 is 0 Å². The summed E-state index contributed by atoms with van der Waals surface area (Å²) in [5.74, 6) is -0.260. The van der Waals surface area contributed by atoms with Crippen LogP contribution in [0.15, 0.2) is 22.7 Å². The summed E-state index contributed by atoms with van der Waals surface area (Å²) in [6.07, 6.45) is 1.95. The largest absolute Gasteiger partial charge is 0.320 e. The molecule has 96 valence electrons.